The van der Waals surface area contributed by atoms with Crippen LogP contribution >= 0.6 is 0 Å². The van der Waals surface area contributed by atoms with Crippen molar-refractivity contribution in [2.75, 3.05) is 6.54 Å². The predicted molar refractivity (Wildman–Crippen MR) is 142 cm³/mol. The Balaban J connectivity index is 1.41. The summed E-state index contributed by atoms with van der Waals surface area (Å²) in [6.45, 7) is 0.513. The Bertz CT molecular complexity index is 1330. The van der Waals surface area contributed by atoms with Gasteiger partial charge < -0.3 is 14.8 Å². The van der Waals surface area contributed by atoms with Crippen molar-refractivity contribution in [3.8, 4) is 11.5 Å². The third-order valence-corrected chi connectivity index (χ3v) is 5.89. The van der Waals surface area contributed by atoms with Gasteiger partial charge in [-0.2, -0.15) is 0 Å². The number of allylic oxidation sites excluding steroid dienone is 1. The lowest BCUT2D eigenvalue weighted by Gasteiger charge is -2.09. The second kappa shape index (κ2) is 13.0. The maximum Gasteiger partial charge on any atom is 0.303 e. The molecule has 4 aromatic rings. The summed E-state index contributed by atoms with van der Waals surface area (Å²) in [6.07, 6.45) is 10.2. The smallest absolute Gasteiger partial charge is 0.303 e. The molecule has 0 spiro atoms. The summed E-state index contributed by atoms with van der Waals surface area (Å²) in [5, 5.41) is 11.7. The number of pyridine rings is 1. The van der Waals surface area contributed by atoms with E-state index in [2.05, 4.69) is 21.4 Å². The summed E-state index contributed by atoms with van der Waals surface area (Å²) in [5.41, 5.74) is 5.17. The van der Waals surface area contributed by atoms with Crippen LogP contribution in [0.3, 0.4) is 0 Å². The van der Waals surface area contributed by atoms with Gasteiger partial charge >= 0.3 is 5.97 Å². The van der Waals surface area contributed by atoms with E-state index in [1.807, 2.05) is 72.9 Å². The minimum Gasteiger partial charge on any atom is -0.481 e. The molecule has 7 heteroatoms. The van der Waals surface area contributed by atoms with Crippen molar-refractivity contribution in [1.29, 1.82) is 0 Å². The highest BCUT2D eigenvalue weighted by Gasteiger charge is 2.14. The van der Waals surface area contributed by atoms with Crippen molar-refractivity contribution >= 4 is 17.4 Å². The van der Waals surface area contributed by atoms with Gasteiger partial charge in [-0.25, -0.2) is 4.98 Å². The molecule has 7 nitrogen and oxygen atoms in total. The summed E-state index contributed by atoms with van der Waals surface area (Å²) in [7, 11) is 0. The predicted octanol–water partition coefficient (Wildman–Crippen LogP) is 5.79. The molecule has 0 unspecified atom stereocenters. The second-order valence-electron chi connectivity index (χ2n) is 8.61. The molecule has 0 aliphatic rings. The van der Waals surface area contributed by atoms with Gasteiger partial charge in [0.25, 0.3) is 5.91 Å². The van der Waals surface area contributed by atoms with Crippen LogP contribution in [0.5, 0.6) is 0 Å². The van der Waals surface area contributed by atoms with Crippen molar-refractivity contribution in [2.24, 2.45) is 0 Å². The quantitative estimate of drug-likeness (QED) is 0.241. The number of unbranched alkanes of at least 4 members (excludes halogenated alkanes) is 2. The van der Waals surface area contributed by atoms with Gasteiger partial charge in [0.1, 0.15) is 6.26 Å². The number of carboxylic acid groups (broad SMARTS) is 1. The van der Waals surface area contributed by atoms with Crippen LogP contribution < -0.4 is 5.32 Å². The fraction of sp³-hybridized carbons (Fsp3) is 0.200. The van der Waals surface area contributed by atoms with Crippen LogP contribution in [0.15, 0.2) is 95.9 Å². The number of amides is 1. The second-order valence-corrected chi connectivity index (χ2v) is 8.61. The number of rotatable bonds is 12. The molecule has 0 aliphatic heterocycles. The Labute approximate surface area is 215 Å². The average molecular weight is 496 g/mol. The molecule has 2 N–H and O–H groups in total. The molecule has 0 radical (unpaired) electrons. The van der Waals surface area contributed by atoms with E-state index in [0.29, 0.717) is 18.9 Å². The zero-order valence-electron chi connectivity index (χ0n) is 20.5. The number of nitrogens with zero attached hydrogens (tertiary/aromatic N) is 2. The maximum atomic E-state index is 12.5. The number of nitrogens with one attached hydrogen (secondary N) is 1. The molecule has 0 atom stereocenters. The summed E-state index contributed by atoms with van der Waals surface area (Å²) >= 11 is 0. The van der Waals surface area contributed by atoms with Gasteiger partial charge in [-0.15, -0.1) is 0 Å². The number of carbonyl (C=O) groups is 2. The highest BCUT2D eigenvalue weighted by molar-refractivity contribution is 5.92. The molecule has 4 rings (SSSR count). The molecule has 2 aromatic heterocycles. The number of oxazole rings is 1. The number of benzene rings is 2. The Kier molecular flexibility index (Phi) is 8.97. The third kappa shape index (κ3) is 7.48. The van der Waals surface area contributed by atoms with E-state index in [1.54, 1.807) is 6.20 Å². The summed E-state index contributed by atoms with van der Waals surface area (Å²) in [6, 6.07) is 21.6. The first kappa shape index (κ1) is 25.6. The molecular weight excluding hydrogens is 466 g/mol. The fourth-order valence-electron chi connectivity index (χ4n) is 3.95. The molecule has 0 saturated heterocycles. The minimum atomic E-state index is -0.772. The molecule has 1 amide bonds. The van der Waals surface area contributed by atoms with Crippen molar-refractivity contribution in [3.05, 3.63) is 114 Å². The standard InChI is InChI=1S/C30H29N3O4/c34-28(35)12-6-2-5-11-26(25-10-7-18-31-20-25)23-13-15-24(16-14-23)30-33-27(21-37-30)29(36)32-19-17-22-8-3-1-4-9-22/h1,3-4,7-11,13-16,18,20-21H,2,5-6,12,17,19H2,(H,32,36)(H,34,35). The van der Waals surface area contributed by atoms with E-state index in [0.717, 1.165) is 47.1 Å². The third-order valence-electron chi connectivity index (χ3n) is 5.89. The molecule has 2 aromatic carbocycles. The van der Waals surface area contributed by atoms with Gasteiger partial charge in [0, 0.05) is 36.5 Å². The first-order chi connectivity index (χ1) is 18.1. The van der Waals surface area contributed by atoms with Crippen LogP contribution in [0.2, 0.25) is 0 Å². The zero-order valence-corrected chi connectivity index (χ0v) is 20.5. The Hall–Kier alpha value is -4.52. The number of aliphatic carboxylic acids is 1. The Morgan fingerprint density at radius 3 is 2.49 bits per heavy atom. The molecule has 37 heavy (non-hydrogen) atoms. The molecule has 0 aliphatic carbocycles. The van der Waals surface area contributed by atoms with Crippen molar-refractivity contribution in [2.45, 2.75) is 32.1 Å². The Morgan fingerprint density at radius 2 is 1.76 bits per heavy atom. The summed E-state index contributed by atoms with van der Waals surface area (Å²) in [4.78, 5) is 31.9. The van der Waals surface area contributed by atoms with Gasteiger partial charge in [0.05, 0.1) is 0 Å². The van der Waals surface area contributed by atoms with Crippen LogP contribution in [0.4, 0.5) is 0 Å². The molecule has 0 saturated carbocycles. The van der Waals surface area contributed by atoms with Crippen molar-refractivity contribution in [3.63, 3.8) is 0 Å². The first-order valence-corrected chi connectivity index (χ1v) is 12.3. The van der Waals surface area contributed by atoms with E-state index in [4.69, 9.17) is 9.52 Å². The monoisotopic (exact) mass is 495 g/mol. The van der Waals surface area contributed by atoms with Crippen LogP contribution in [0.1, 0.15) is 52.9 Å². The summed E-state index contributed by atoms with van der Waals surface area (Å²) in [5.74, 6) is -0.668. The van der Waals surface area contributed by atoms with Crippen LogP contribution in [0, 0.1) is 0 Å². The average Bonchev–Trinajstić information content (AvgIpc) is 3.42. The lowest BCUT2D eigenvalue weighted by molar-refractivity contribution is -0.137. The van der Waals surface area contributed by atoms with E-state index in [9.17, 15) is 9.59 Å². The highest BCUT2D eigenvalue weighted by Crippen LogP contribution is 2.27. The van der Waals surface area contributed by atoms with Gasteiger partial charge in [-0.05, 0) is 60.6 Å². The van der Waals surface area contributed by atoms with Crippen LogP contribution in [-0.4, -0.2) is 33.5 Å². The number of hydrogen-bond donors (Lipinski definition) is 2. The van der Waals surface area contributed by atoms with E-state index in [1.165, 1.54) is 6.26 Å². The number of carbonyl (C=O) groups excluding carboxylic acids is 1. The van der Waals surface area contributed by atoms with Gasteiger partial charge in [-0.1, -0.05) is 54.6 Å². The minimum absolute atomic E-state index is 0.175. The SMILES string of the molecule is O=C(O)CCCCC=C(c1ccc(-c2nc(C(=O)NCCc3ccccc3)co2)cc1)c1cccnc1. The van der Waals surface area contributed by atoms with E-state index >= 15 is 0 Å². The lowest BCUT2D eigenvalue weighted by atomic mass is 9.96. The van der Waals surface area contributed by atoms with Gasteiger partial charge in [-0.3, -0.25) is 14.6 Å². The molecule has 188 valence electrons. The molecular formula is C30H29N3O4. The van der Waals surface area contributed by atoms with E-state index < -0.39 is 5.97 Å². The van der Waals surface area contributed by atoms with E-state index in [-0.39, 0.29) is 18.0 Å². The number of carboxylic acids is 1. The number of hydrogen-bond acceptors (Lipinski definition) is 5. The van der Waals surface area contributed by atoms with Gasteiger partial charge in [0.2, 0.25) is 5.89 Å². The normalized spacial score (nSPS) is 11.3. The fourth-order valence-corrected chi connectivity index (χ4v) is 3.95. The molecule has 2 heterocycles. The zero-order chi connectivity index (χ0) is 25.9. The summed E-state index contributed by atoms with van der Waals surface area (Å²) < 4.78 is 5.59. The van der Waals surface area contributed by atoms with Gasteiger partial charge in [0.15, 0.2) is 5.69 Å². The number of aromatic nitrogens is 2. The maximum absolute atomic E-state index is 12.5. The molecule has 0 fully saturated rings. The van der Waals surface area contributed by atoms with Crippen molar-refractivity contribution in [1.82, 2.24) is 15.3 Å². The first-order valence-electron chi connectivity index (χ1n) is 12.3. The highest BCUT2D eigenvalue weighted by atomic mass is 16.4. The van der Waals surface area contributed by atoms with Crippen LogP contribution in [-0.2, 0) is 11.2 Å². The topological polar surface area (TPSA) is 105 Å². The largest absolute Gasteiger partial charge is 0.481 e. The lowest BCUT2D eigenvalue weighted by Crippen LogP contribution is -2.25. The Morgan fingerprint density at radius 1 is 0.946 bits per heavy atom. The van der Waals surface area contributed by atoms with Crippen LogP contribution in [0.25, 0.3) is 17.0 Å². The molecule has 0 bridgehead atoms. The van der Waals surface area contributed by atoms with Crippen molar-refractivity contribution < 1.29 is 19.1 Å².